The lowest BCUT2D eigenvalue weighted by Crippen LogP contribution is -2.40. The molecule has 0 aromatic carbocycles. The van der Waals surface area contributed by atoms with Gasteiger partial charge in [0.15, 0.2) is 5.17 Å². The molecule has 0 atom stereocenters. The van der Waals surface area contributed by atoms with Crippen molar-refractivity contribution in [3.05, 3.63) is 0 Å². The molecule has 1 heterocycles. The summed E-state index contributed by atoms with van der Waals surface area (Å²) in [6.07, 6.45) is 8.03. The quantitative estimate of drug-likeness (QED) is 0.761. The average Bonchev–Trinajstić information content (AvgIpc) is 2.85. The van der Waals surface area contributed by atoms with Crippen molar-refractivity contribution in [1.29, 1.82) is 0 Å². The Morgan fingerprint density at radius 1 is 1.38 bits per heavy atom. The second-order valence-corrected chi connectivity index (χ2v) is 6.59. The molecule has 16 heavy (non-hydrogen) atoms. The molecular formula is C13H24N2S. The summed E-state index contributed by atoms with van der Waals surface area (Å²) in [6.45, 7) is 5.57. The van der Waals surface area contributed by atoms with Crippen LogP contribution in [0.2, 0.25) is 0 Å². The number of rotatable bonds is 4. The molecule has 0 aromatic heterocycles. The lowest BCUT2D eigenvalue weighted by Gasteiger charge is -2.21. The van der Waals surface area contributed by atoms with Gasteiger partial charge >= 0.3 is 0 Å². The van der Waals surface area contributed by atoms with Crippen LogP contribution in [0.25, 0.3) is 0 Å². The molecule has 1 aliphatic heterocycles. The zero-order valence-corrected chi connectivity index (χ0v) is 11.4. The highest BCUT2D eigenvalue weighted by Gasteiger charge is 2.39. The highest BCUT2D eigenvalue weighted by Crippen LogP contribution is 2.37. The number of amidine groups is 1. The molecule has 1 spiro atoms. The largest absolute Gasteiger partial charge is 0.359 e. The first-order valence-electron chi connectivity index (χ1n) is 6.66. The second kappa shape index (κ2) is 5.44. The summed E-state index contributed by atoms with van der Waals surface area (Å²) in [5.74, 6) is 2.06. The predicted molar refractivity (Wildman–Crippen MR) is 73.2 cm³/mol. The maximum Gasteiger partial charge on any atom is 0.157 e. The van der Waals surface area contributed by atoms with Crippen LogP contribution in [0.4, 0.5) is 0 Å². The predicted octanol–water partition coefficient (Wildman–Crippen LogP) is 3.43. The van der Waals surface area contributed by atoms with Crippen LogP contribution in [0, 0.1) is 5.92 Å². The molecule has 1 saturated carbocycles. The van der Waals surface area contributed by atoms with Gasteiger partial charge in [-0.1, -0.05) is 38.5 Å². The smallest absolute Gasteiger partial charge is 0.157 e. The third kappa shape index (κ3) is 3.16. The van der Waals surface area contributed by atoms with E-state index < -0.39 is 0 Å². The normalized spacial score (nSPS) is 25.8. The van der Waals surface area contributed by atoms with Crippen LogP contribution in [0.3, 0.4) is 0 Å². The first kappa shape index (κ1) is 12.3. The van der Waals surface area contributed by atoms with E-state index >= 15 is 0 Å². The Hall–Kier alpha value is -0.180. The van der Waals surface area contributed by atoms with Crippen LogP contribution in [0.15, 0.2) is 4.99 Å². The van der Waals surface area contributed by atoms with E-state index in [9.17, 15) is 0 Å². The lowest BCUT2D eigenvalue weighted by molar-refractivity contribution is 0.452. The van der Waals surface area contributed by atoms with Crippen molar-refractivity contribution in [2.75, 3.05) is 12.3 Å². The molecule has 0 radical (unpaired) electrons. The van der Waals surface area contributed by atoms with Crippen LogP contribution in [0.1, 0.15) is 52.4 Å². The third-order valence-electron chi connectivity index (χ3n) is 3.61. The first-order valence-corrected chi connectivity index (χ1v) is 7.64. The summed E-state index contributed by atoms with van der Waals surface area (Å²) in [7, 11) is 0. The molecule has 1 aliphatic carbocycles. The Bertz CT molecular complexity index is 255. The van der Waals surface area contributed by atoms with E-state index in [1.165, 1.54) is 49.4 Å². The maximum atomic E-state index is 4.68. The molecule has 0 unspecified atom stereocenters. The molecule has 1 saturated heterocycles. The summed E-state index contributed by atoms with van der Waals surface area (Å²) < 4.78 is 0. The number of thioether (sulfide) groups is 1. The third-order valence-corrected chi connectivity index (χ3v) is 4.81. The zero-order valence-electron chi connectivity index (χ0n) is 10.6. The zero-order chi connectivity index (χ0) is 11.4. The fourth-order valence-electron chi connectivity index (χ4n) is 2.59. The van der Waals surface area contributed by atoms with E-state index in [0.29, 0.717) is 5.54 Å². The SMILES string of the molecule is CC(C)CCCN=C1NC2(CCCC2)CS1. The monoisotopic (exact) mass is 240 g/mol. The molecule has 1 N–H and O–H groups in total. The number of hydrogen-bond donors (Lipinski definition) is 1. The van der Waals surface area contributed by atoms with E-state index in [4.69, 9.17) is 0 Å². The van der Waals surface area contributed by atoms with E-state index in [1.807, 2.05) is 11.8 Å². The van der Waals surface area contributed by atoms with Gasteiger partial charge in [0.1, 0.15) is 0 Å². The van der Waals surface area contributed by atoms with Gasteiger partial charge in [0.25, 0.3) is 0 Å². The highest BCUT2D eigenvalue weighted by molar-refractivity contribution is 8.14. The van der Waals surface area contributed by atoms with Gasteiger partial charge < -0.3 is 5.32 Å². The minimum Gasteiger partial charge on any atom is -0.359 e. The van der Waals surface area contributed by atoms with Crippen molar-refractivity contribution in [3.8, 4) is 0 Å². The molecule has 2 nitrogen and oxygen atoms in total. The highest BCUT2D eigenvalue weighted by atomic mass is 32.2. The van der Waals surface area contributed by atoms with Crippen molar-refractivity contribution in [2.45, 2.75) is 57.9 Å². The minimum atomic E-state index is 0.432. The summed E-state index contributed by atoms with van der Waals surface area (Å²) in [6, 6.07) is 0. The number of hydrogen-bond acceptors (Lipinski definition) is 2. The fraction of sp³-hybridized carbons (Fsp3) is 0.923. The minimum absolute atomic E-state index is 0.432. The topological polar surface area (TPSA) is 24.4 Å². The molecule has 2 aliphatic rings. The standard InChI is InChI=1S/C13H24N2S/c1-11(2)6-5-9-14-12-15-13(10-16-12)7-3-4-8-13/h11H,3-10H2,1-2H3,(H,14,15). The van der Waals surface area contributed by atoms with Gasteiger partial charge in [-0.25, -0.2) is 0 Å². The van der Waals surface area contributed by atoms with Crippen LogP contribution in [-0.4, -0.2) is 23.0 Å². The molecule has 2 fully saturated rings. The number of nitrogens with one attached hydrogen (secondary N) is 1. The maximum absolute atomic E-state index is 4.68. The van der Waals surface area contributed by atoms with Gasteiger partial charge in [-0.2, -0.15) is 0 Å². The van der Waals surface area contributed by atoms with Crippen LogP contribution < -0.4 is 5.32 Å². The van der Waals surface area contributed by atoms with Gasteiger partial charge in [0.2, 0.25) is 0 Å². The number of nitrogens with zero attached hydrogens (tertiary/aromatic N) is 1. The molecular weight excluding hydrogens is 216 g/mol. The van der Waals surface area contributed by atoms with E-state index in [1.54, 1.807) is 0 Å². The molecule has 2 rings (SSSR count). The fourth-order valence-corrected chi connectivity index (χ4v) is 3.84. The van der Waals surface area contributed by atoms with Crippen molar-refractivity contribution < 1.29 is 0 Å². The molecule has 0 amide bonds. The lowest BCUT2D eigenvalue weighted by atomic mass is 10.0. The Morgan fingerprint density at radius 2 is 2.12 bits per heavy atom. The van der Waals surface area contributed by atoms with Crippen molar-refractivity contribution in [2.24, 2.45) is 10.9 Å². The van der Waals surface area contributed by atoms with Gasteiger partial charge in [0.05, 0.1) is 0 Å². The van der Waals surface area contributed by atoms with Crippen LogP contribution in [-0.2, 0) is 0 Å². The Kier molecular flexibility index (Phi) is 4.17. The Balaban J connectivity index is 1.73. The molecule has 92 valence electrons. The van der Waals surface area contributed by atoms with Crippen molar-refractivity contribution >= 4 is 16.9 Å². The summed E-state index contributed by atoms with van der Waals surface area (Å²) in [5.41, 5.74) is 0.432. The van der Waals surface area contributed by atoms with Crippen LogP contribution >= 0.6 is 11.8 Å². The number of aliphatic imine (C=N–C) groups is 1. The molecule has 3 heteroatoms. The van der Waals surface area contributed by atoms with E-state index in [-0.39, 0.29) is 0 Å². The van der Waals surface area contributed by atoms with Gasteiger partial charge in [-0.15, -0.1) is 0 Å². The van der Waals surface area contributed by atoms with Crippen molar-refractivity contribution in [1.82, 2.24) is 5.32 Å². The molecule has 0 bridgehead atoms. The Labute approximate surface area is 104 Å². The summed E-state index contributed by atoms with van der Waals surface area (Å²) >= 11 is 1.94. The average molecular weight is 240 g/mol. The summed E-state index contributed by atoms with van der Waals surface area (Å²) in [5, 5.41) is 4.88. The molecule has 0 aromatic rings. The van der Waals surface area contributed by atoms with Crippen LogP contribution in [0.5, 0.6) is 0 Å². The Morgan fingerprint density at radius 3 is 2.81 bits per heavy atom. The first-order chi connectivity index (χ1) is 7.70. The van der Waals surface area contributed by atoms with Gasteiger partial charge in [-0.3, -0.25) is 4.99 Å². The van der Waals surface area contributed by atoms with Crippen molar-refractivity contribution in [3.63, 3.8) is 0 Å². The van der Waals surface area contributed by atoms with E-state index in [0.717, 1.165) is 12.5 Å². The second-order valence-electron chi connectivity index (χ2n) is 5.62. The van der Waals surface area contributed by atoms with Gasteiger partial charge in [0, 0.05) is 17.8 Å². The summed E-state index contributed by atoms with van der Waals surface area (Å²) in [4.78, 5) is 4.68. The van der Waals surface area contributed by atoms with Gasteiger partial charge in [-0.05, 0) is 31.6 Å². The van der Waals surface area contributed by atoms with E-state index in [2.05, 4.69) is 24.2 Å².